The number of benzene rings is 3. The summed E-state index contributed by atoms with van der Waals surface area (Å²) < 4.78 is 10.6. The van der Waals surface area contributed by atoms with Crippen LogP contribution in [0.4, 0.5) is 0 Å². The van der Waals surface area contributed by atoms with Crippen LogP contribution in [0.3, 0.4) is 0 Å². The Hall–Kier alpha value is -2.13. The van der Waals surface area contributed by atoms with E-state index in [4.69, 9.17) is 4.74 Å². The van der Waals surface area contributed by atoms with Crippen molar-refractivity contribution < 1.29 is 9.30 Å². The van der Waals surface area contributed by atoms with Gasteiger partial charge < -0.3 is 4.74 Å². The van der Waals surface area contributed by atoms with Gasteiger partial charge in [0.25, 0.3) is 0 Å². The van der Waals surface area contributed by atoms with Crippen molar-refractivity contribution in [2.24, 2.45) is 0 Å². The fourth-order valence-electron chi connectivity index (χ4n) is 7.95. The minimum atomic E-state index is -0.0899. The summed E-state index contributed by atoms with van der Waals surface area (Å²) in [6.45, 7) is 10.6. The third kappa shape index (κ3) is 2.22. The fraction of sp³-hybridized carbons (Fsp3) is 0.452. The van der Waals surface area contributed by atoms with E-state index in [-0.39, 0.29) is 16.4 Å². The predicted molar refractivity (Wildman–Crippen MR) is 144 cm³/mol. The second-order valence-corrected chi connectivity index (χ2v) is 12.2. The number of ether oxygens (including phenoxy) is 1. The molecule has 34 heavy (non-hydrogen) atoms. The zero-order chi connectivity index (χ0) is 23.5. The van der Waals surface area contributed by atoms with Crippen molar-refractivity contribution in [1.29, 1.82) is 0 Å². The maximum atomic E-state index is 6.75. The van der Waals surface area contributed by atoms with Crippen molar-refractivity contribution in [2.45, 2.75) is 82.6 Å². The van der Waals surface area contributed by atoms with Crippen LogP contribution in [0.15, 0.2) is 46.9 Å². The highest BCUT2D eigenvalue weighted by Gasteiger charge is 2.60. The van der Waals surface area contributed by atoms with E-state index >= 15 is 0 Å². The summed E-state index contributed by atoms with van der Waals surface area (Å²) in [6, 6.07) is 16.2. The average molecular weight is 516 g/mol. The summed E-state index contributed by atoms with van der Waals surface area (Å²) in [5.74, 6) is 1.15. The van der Waals surface area contributed by atoms with E-state index in [9.17, 15) is 0 Å². The zero-order valence-electron chi connectivity index (χ0n) is 20.7. The zero-order valence-corrected chi connectivity index (χ0v) is 22.3. The molecule has 3 aliphatic rings. The number of fused-ring (bicyclic) bond motifs is 5. The van der Waals surface area contributed by atoms with E-state index < -0.39 is 0 Å². The van der Waals surface area contributed by atoms with Crippen LogP contribution in [-0.2, 0) is 16.4 Å². The first kappa shape index (κ1) is 21.2. The van der Waals surface area contributed by atoms with Crippen LogP contribution >= 0.6 is 15.9 Å². The maximum absolute atomic E-state index is 6.75. The molecule has 4 aromatic rings. The van der Waals surface area contributed by atoms with Crippen molar-refractivity contribution in [3.05, 3.63) is 58.1 Å². The molecule has 1 saturated carbocycles. The van der Waals surface area contributed by atoms with E-state index in [1.165, 1.54) is 73.7 Å². The summed E-state index contributed by atoms with van der Waals surface area (Å²) in [5.41, 5.74) is 4.45. The van der Waals surface area contributed by atoms with Gasteiger partial charge in [0.15, 0.2) is 5.54 Å². The smallest absolute Gasteiger partial charge is 0.372 e. The normalized spacial score (nSPS) is 26.7. The lowest BCUT2D eigenvalue weighted by Gasteiger charge is -2.46. The monoisotopic (exact) mass is 514 g/mol. The number of hydrogen-bond acceptors (Lipinski definition) is 1. The van der Waals surface area contributed by atoms with Crippen molar-refractivity contribution in [2.75, 3.05) is 6.61 Å². The van der Waals surface area contributed by atoms with Crippen LogP contribution in [0.2, 0.25) is 0 Å². The van der Waals surface area contributed by atoms with E-state index in [1.807, 2.05) is 0 Å². The van der Waals surface area contributed by atoms with Crippen molar-refractivity contribution in [1.82, 2.24) is 0 Å². The molecule has 3 aromatic carbocycles. The molecule has 2 atom stereocenters. The summed E-state index contributed by atoms with van der Waals surface area (Å²) in [4.78, 5) is 0. The SMILES string of the molecule is CCC1(C)c2c3ccccc3c(Br)c3ccc4cc5c([n+](c4c23)C1(C)CC)OCC51CCCC1. The Bertz CT molecular complexity index is 1530. The first-order chi connectivity index (χ1) is 16.4. The van der Waals surface area contributed by atoms with Gasteiger partial charge in [-0.3, -0.25) is 0 Å². The van der Waals surface area contributed by atoms with Crippen LogP contribution in [-0.4, -0.2) is 6.61 Å². The van der Waals surface area contributed by atoms with E-state index in [1.54, 1.807) is 0 Å². The molecule has 0 N–H and O–H groups in total. The number of hydrogen-bond donors (Lipinski definition) is 0. The first-order valence-corrected chi connectivity index (χ1v) is 13.9. The molecule has 2 unspecified atom stereocenters. The number of aromatic nitrogens is 1. The van der Waals surface area contributed by atoms with Crippen LogP contribution in [0.25, 0.3) is 32.4 Å². The Balaban J connectivity index is 1.77. The average Bonchev–Trinajstić information content (AvgIpc) is 3.49. The third-order valence-corrected chi connectivity index (χ3v) is 11.2. The molecule has 0 amide bonds. The third-order valence-electron chi connectivity index (χ3n) is 10.3. The molecule has 1 spiro atoms. The minimum Gasteiger partial charge on any atom is -0.443 e. The number of pyridine rings is 1. The highest BCUT2D eigenvalue weighted by molar-refractivity contribution is 9.10. The van der Waals surface area contributed by atoms with Gasteiger partial charge in [-0.1, -0.05) is 57.0 Å². The molecule has 3 heterocycles. The van der Waals surface area contributed by atoms with Gasteiger partial charge >= 0.3 is 5.88 Å². The van der Waals surface area contributed by atoms with E-state index in [0.29, 0.717) is 0 Å². The van der Waals surface area contributed by atoms with Crippen LogP contribution in [0, 0.1) is 0 Å². The molecule has 1 fully saturated rings. The molecule has 7 rings (SSSR count). The highest BCUT2D eigenvalue weighted by Crippen LogP contribution is 2.57. The largest absolute Gasteiger partial charge is 0.443 e. The van der Waals surface area contributed by atoms with Gasteiger partial charge in [-0.2, -0.15) is 4.57 Å². The molecule has 0 radical (unpaired) electrons. The van der Waals surface area contributed by atoms with Crippen molar-refractivity contribution in [3.63, 3.8) is 0 Å². The Morgan fingerprint density at radius 1 is 0.941 bits per heavy atom. The topological polar surface area (TPSA) is 13.1 Å². The fourth-order valence-corrected chi connectivity index (χ4v) is 8.63. The van der Waals surface area contributed by atoms with Gasteiger partial charge in [0.05, 0.1) is 16.4 Å². The lowest BCUT2D eigenvalue weighted by Crippen LogP contribution is -2.67. The number of rotatable bonds is 2. The summed E-state index contributed by atoms with van der Waals surface area (Å²) in [6.07, 6.45) is 7.29. The van der Waals surface area contributed by atoms with Crippen LogP contribution in [0.1, 0.15) is 77.3 Å². The summed E-state index contributed by atoms with van der Waals surface area (Å²) >= 11 is 4.03. The molecular formula is C31H33BrNO+. The molecular weight excluding hydrogens is 482 g/mol. The lowest BCUT2D eigenvalue weighted by atomic mass is 9.60. The molecule has 1 aromatic heterocycles. The second kappa shape index (κ2) is 6.75. The highest BCUT2D eigenvalue weighted by atomic mass is 79.9. The molecule has 0 bridgehead atoms. The van der Waals surface area contributed by atoms with Crippen molar-refractivity contribution in [3.8, 4) is 5.88 Å². The molecule has 3 heteroatoms. The standard InChI is InChI=1S/C31H33BrNO/c1-5-29(3)25-20-11-7-8-12-21(20)26(32)22-14-13-19-17-23-28(34-18-31(23)15-9-10-16-31)33(27(19)24(22)25)30(29,4)6-2/h7-8,11-14,17H,5-6,9-10,15-16,18H2,1-4H3/q+1. The van der Waals surface area contributed by atoms with Gasteiger partial charge in [0.1, 0.15) is 6.61 Å². The van der Waals surface area contributed by atoms with Gasteiger partial charge in [0, 0.05) is 34.0 Å². The Morgan fingerprint density at radius 2 is 1.68 bits per heavy atom. The summed E-state index contributed by atoms with van der Waals surface area (Å²) in [5, 5.41) is 6.80. The van der Waals surface area contributed by atoms with Gasteiger partial charge in [-0.25, -0.2) is 0 Å². The number of nitrogens with zero attached hydrogens (tertiary/aromatic N) is 1. The first-order valence-electron chi connectivity index (χ1n) is 13.1. The molecule has 174 valence electrons. The van der Waals surface area contributed by atoms with Crippen LogP contribution < -0.4 is 9.30 Å². The quantitative estimate of drug-likeness (QED) is 0.149. The Kier molecular flexibility index (Phi) is 4.21. The second-order valence-electron chi connectivity index (χ2n) is 11.4. The van der Waals surface area contributed by atoms with E-state index in [0.717, 1.165) is 25.3 Å². The molecule has 0 saturated heterocycles. The van der Waals surface area contributed by atoms with Crippen molar-refractivity contribution >= 4 is 48.4 Å². The lowest BCUT2D eigenvalue weighted by molar-refractivity contribution is -0.753. The van der Waals surface area contributed by atoms with Gasteiger partial charge in [0.2, 0.25) is 5.52 Å². The van der Waals surface area contributed by atoms with Gasteiger partial charge in [-0.05, 0) is 70.6 Å². The maximum Gasteiger partial charge on any atom is 0.372 e. The van der Waals surface area contributed by atoms with Gasteiger partial charge in [-0.15, -0.1) is 0 Å². The molecule has 1 aliphatic carbocycles. The predicted octanol–water partition coefficient (Wildman–Crippen LogP) is 8.21. The van der Waals surface area contributed by atoms with E-state index in [2.05, 4.69) is 90.7 Å². The Morgan fingerprint density at radius 3 is 2.38 bits per heavy atom. The molecule has 2 nitrogen and oxygen atoms in total. The summed E-state index contributed by atoms with van der Waals surface area (Å²) in [7, 11) is 0. The number of halogens is 1. The Labute approximate surface area is 210 Å². The molecule has 2 aliphatic heterocycles. The minimum absolute atomic E-state index is 0.0316. The van der Waals surface area contributed by atoms with Crippen LogP contribution in [0.5, 0.6) is 5.88 Å².